The van der Waals surface area contributed by atoms with Gasteiger partial charge in [-0.3, -0.25) is 4.90 Å². The first-order valence-electron chi connectivity index (χ1n) is 5.31. The summed E-state index contributed by atoms with van der Waals surface area (Å²) < 4.78 is 0. The number of hydrogen-bond donors (Lipinski definition) is 1. The van der Waals surface area contributed by atoms with Crippen LogP contribution in [-0.2, 0) is 6.54 Å². The molecule has 0 aliphatic carbocycles. The Morgan fingerprint density at radius 2 is 2.31 bits per heavy atom. The minimum atomic E-state index is 0. The van der Waals surface area contributed by atoms with E-state index < -0.39 is 0 Å². The summed E-state index contributed by atoms with van der Waals surface area (Å²) in [6.07, 6.45) is 3.07. The van der Waals surface area contributed by atoms with Crippen LogP contribution in [0, 0.1) is 5.92 Å². The molecule has 3 nitrogen and oxygen atoms in total. The highest BCUT2D eigenvalue weighted by molar-refractivity contribution is 6.29. The van der Waals surface area contributed by atoms with Crippen LogP contribution in [0.3, 0.4) is 0 Å². The molecule has 1 aliphatic heterocycles. The van der Waals surface area contributed by atoms with Crippen LogP contribution >= 0.6 is 24.0 Å². The molecule has 90 valence electrons. The van der Waals surface area contributed by atoms with Crippen LogP contribution in [0.15, 0.2) is 18.3 Å². The van der Waals surface area contributed by atoms with E-state index in [0.717, 1.165) is 26.2 Å². The van der Waals surface area contributed by atoms with E-state index in [4.69, 9.17) is 17.3 Å². The Balaban J connectivity index is 0.00000128. The lowest BCUT2D eigenvalue weighted by atomic mass is 10.1. The van der Waals surface area contributed by atoms with E-state index in [-0.39, 0.29) is 12.4 Å². The SMILES string of the molecule is Cl.NCC1CCN(Cc2ccc(Cl)nc2)C1. The molecule has 0 spiro atoms. The average Bonchev–Trinajstić information content (AvgIpc) is 2.69. The van der Waals surface area contributed by atoms with Gasteiger partial charge in [0.1, 0.15) is 5.15 Å². The van der Waals surface area contributed by atoms with E-state index in [0.29, 0.717) is 11.1 Å². The fourth-order valence-electron chi connectivity index (χ4n) is 2.01. The number of likely N-dealkylation sites (tertiary alicyclic amines) is 1. The van der Waals surface area contributed by atoms with Gasteiger partial charge in [-0.15, -0.1) is 12.4 Å². The summed E-state index contributed by atoms with van der Waals surface area (Å²) in [4.78, 5) is 6.49. The number of aromatic nitrogens is 1. The van der Waals surface area contributed by atoms with Crippen molar-refractivity contribution < 1.29 is 0 Å². The first-order valence-corrected chi connectivity index (χ1v) is 5.68. The predicted molar refractivity (Wildman–Crippen MR) is 68.9 cm³/mol. The summed E-state index contributed by atoms with van der Waals surface area (Å²) in [5.74, 6) is 0.672. The smallest absolute Gasteiger partial charge is 0.129 e. The molecule has 1 aliphatic rings. The lowest BCUT2D eigenvalue weighted by molar-refractivity contribution is 0.317. The quantitative estimate of drug-likeness (QED) is 0.846. The molecule has 0 saturated carbocycles. The van der Waals surface area contributed by atoms with Gasteiger partial charge in [0.05, 0.1) is 0 Å². The lowest BCUT2D eigenvalue weighted by Crippen LogP contribution is -2.22. The van der Waals surface area contributed by atoms with Gasteiger partial charge in [0.2, 0.25) is 0 Å². The predicted octanol–water partition coefficient (Wildman–Crippen LogP) is 1.94. The van der Waals surface area contributed by atoms with Gasteiger partial charge >= 0.3 is 0 Å². The average molecular weight is 262 g/mol. The molecule has 0 aromatic carbocycles. The zero-order chi connectivity index (χ0) is 10.7. The van der Waals surface area contributed by atoms with Crippen LogP contribution in [0.2, 0.25) is 5.15 Å². The number of nitrogens with two attached hydrogens (primary N) is 1. The van der Waals surface area contributed by atoms with Crippen LogP contribution < -0.4 is 5.73 Å². The molecule has 1 fully saturated rings. The molecule has 0 radical (unpaired) electrons. The molecule has 16 heavy (non-hydrogen) atoms. The largest absolute Gasteiger partial charge is 0.330 e. The highest BCUT2D eigenvalue weighted by Gasteiger charge is 2.20. The molecule has 0 bridgehead atoms. The topological polar surface area (TPSA) is 42.1 Å². The number of rotatable bonds is 3. The highest BCUT2D eigenvalue weighted by Crippen LogP contribution is 2.17. The Morgan fingerprint density at radius 3 is 2.88 bits per heavy atom. The van der Waals surface area contributed by atoms with Crippen molar-refractivity contribution in [2.75, 3.05) is 19.6 Å². The third kappa shape index (κ3) is 3.59. The Kier molecular flexibility index (Phi) is 5.49. The molecule has 0 amide bonds. The normalized spacial score (nSPS) is 20.8. The van der Waals surface area contributed by atoms with Gasteiger partial charge in [-0.1, -0.05) is 17.7 Å². The maximum Gasteiger partial charge on any atom is 0.129 e. The van der Waals surface area contributed by atoms with E-state index in [1.165, 1.54) is 12.0 Å². The molecule has 1 aromatic rings. The number of halogens is 2. The second kappa shape index (κ2) is 6.40. The van der Waals surface area contributed by atoms with E-state index >= 15 is 0 Å². The maximum atomic E-state index is 5.73. The van der Waals surface area contributed by atoms with E-state index in [1.54, 1.807) is 0 Å². The molecule has 5 heteroatoms. The molecule has 1 saturated heterocycles. The summed E-state index contributed by atoms with van der Waals surface area (Å²) >= 11 is 5.73. The maximum absolute atomic E-state index is 5.73. The van der Waals surface area contributed by atoms with Crippen molar-refractivity contribution in [1.82, 2.24) is 9.88 Å². The zero-order valence-corrected chi connectivity index (χ0v) is 10.7. The van der Waals surface area contributed by atoms with Gasteiger partial charge in [-0.25, -0.2) is 4.98 Å². The molecular weight excluding hydrogens is 245 g/mol. The Labute approximate surface area is 107 Å². The van der Waals surface area contributed by atoms with Crippen molar-refractivity contribution in [3.05, 3.63) is 29.0 Å². The van der Waals surface area contributed by atoms with Crippen molar-refractivity contribution in [3.8, 4) is 0 Å². The third-order valence-corrected chi connectivity index (χ3v) is 3.12. The number of hydrogen-bond acceptors (Lipinski definition) is 3. The minimum absolute atomic E-state index is 0. The molecule has 2 rings (SSSR count). The first kappa shape index (κ1) is 13.7. The Bertz CT molecular complexity index is 316. The van der Waals surface area contributed by atoms with Crippen molar-refractivity contribution in [2.45, 2.75) is 13.0 Å². The molecule has 1 aromatic heterocycles. The second-order valence-corrected chi connectivity index (χ2v) is 4.50. The van der Waals surface area contributed by atoms with Crippen LogP contribution in [0.1, 0.15) is 12.0 Å². The summed E-state index contributed by atoms with van der Waals surface area (Å²) in [6, 6.07) is 3.87. The van der Waals surface area contributed by atoms with Crippen LogP contribution in [0.4, 0.5) is 0 Å². The van der Waals surface area contributed by atoms with Gasteiger partial charge in [-0.2, -0.15) is 0 Å². The van der Waals surface area contributed by atoms with E-state index in [1.807, 2.05) is 18.3 Å². The molecule has 2 heterocycles. The fourth-order valence-corrected chi connectivity index (χ4v) is 2.12. The first-order chi connectivity index (χ1) is 7.28. The molecule has 2 N–H and O–H groups in total. The van der Waals surface area contributed by atoms with E-state index in [9.17, 15) is 0 Å². The lowest BCUT2D eigenvalue weighted by Gasteiger charge is -2.15. The summed E-state index contributed by atoms with van der Waals surface area (Å²) in [6.45, 7) is 4.01. The van der Waals surface area contributed by atoms with Gasteiger partial charge in [0, 0.05) is 19.3 Å². The molecular formula is C11H17Cl2N3. The number of nitrogens with zero attached hydrogens (tertiary/aromatic N) is 2. The second-order valence-electron chi connectivity index (χ2n) is 4.11. The van der Waals surface area contributed by atoms with Crippen LogP contribution in [0.5, 0.6) is 0 Å². The van der Waals surface area contributed by atoms with Gasteiger partial charge < -0.3 is 5.73 Å². The van der Waals surface area contributed by atoms with Gasteiger partial charge in [-0.05, 0) is 37.1 Å². The minimum Gasteiger partial charge on any atom is -0.330 e. The fraction of sp³-hybridized carbons (Fsp3) is 0.545. The molecule has 1 atom stereocenters. The highest BCUT2D eigenvalue weighted by atomic mass is 35.5. The van der Waals surface area contributed by atoms with Crippen molar-refractivity contribution >= 4 is 24.0 Å². The van der Waals surface area contributed by atoms with Crippen LogP contribution in [0.25, 0.3) is 0 Å². The Hall–Kier alpha value is -0.350. The third-order valence-electron chi connectivity index (χ3n) is 2.90. The van der Waals surface area contributed by atoms with Crippen molar-refractivity contribution in [2.24, 2.45) is 11.7 Å². The van der Waals surface area contributed by atoms with Gasteiger partial charge in [0.15, 0.2) is 0 Å². The van der Waals surface area contributed by atoms with Crippen LogP contribution in [-0.4, -0.2) is 29.5 Å². The summed E-state index contributed by atoms with van der Waals surface area (Å²) in [5, 5.41) is 0.556. The van der Waals surface area contributed by atoms with Gasteiger partial charge in [0.25, 0.3) is 0 Å². The monoisotopic (exact) mass is 261 g/mol. The standard InChI is InChI=1S/C11H16ClN3.ClH/c12-11-2-1-10(6-14-11)8-15-4-3-9(5-13)7-15;/h1-2,6,9H,3-5,7-8,13H2;1H. The number of pyridine rings is 1. The van der Waals surface area contributed by atoms with Crippen molar-refractivity contribution in [3.63, 3.8) is 0 Å². The van der Waals surface area contributed by atoms with E-state index in [2.05, 4.69) is 9.88 Å². The van der Waals surface area contributed by atoms with Crippen molar-refractivity contribution in [1.29, 1.82) is 0 Å². The Morgan fingerprint density at radius 1 is 1.50 bits per heavy atom. The summed E-state index contributed by atoms with van der Waals surface area (Å²) in [7, 11) is 0. The molecule has 1 unspecified atom stereocenters. The zero-order valence-electron chi connectivity index (χ0n) is 9.10. The summed E-state index contributed by atoms with van der Waals surface area (Å²) in [5.41, 5.74) is 6.87.